The maximum absolute atomic E-state index is 11.4. The predicted octanol–water partition coefficient (Wildman–Crippen LogP) is 0.992. The zero-order valence-corrected chi connectivity index (χ0v) is 11.2. The topological polar surface area (TPSA) is 78.4 Å². The molecule has 5 heteroatoms. The number of carbonyl (C=O) groups excluding carboxylic acids is 1. The summed E-state index contributed by atoms with van der Waals surface area (Å²) < 4.78 is 0. The molecule has 0 aromatic heterocycles. The van der Waals surface area contributed by atoms with Gasteiger partial charge in [-0.05, 0) is 27.2 Å². The van der Waals surface area contributed by atoms with Gasteiger partial charge in [0, 0.05) is 25.0 Å². The Kier molecular flexibility index (Phi) is 6.80. The molecule has 0 aliphatic carbocycles. The van der Waals surface area contributed by atoms with Crippen LogP contribution in [0.2, 0.25) is 0 Å². The number of hydrogen-bond donors (Lipinski definition) is 3. The maximum Gasteiger partial charge on any atom is 0.308 e. The third-order valence-corrected chi connectivity index (χ3v) is 2.40. The summed E-state index contributed by atoms with van der Waals surface area (Å²) in [6.45, 7) is 8.69. The molecule has 100 valence electrons. The van der Waals surface area contributed by atoms with Gasteiger partial charge in [0.05, 0.1) is 5.92 Å². The number of rotatable bonds is 7. The molecule has 0 aliphatic heterocycles. The number of aliphatic carboxylic acids is 1. The number of carbonyl (C=O) groups is 2. The van der Waals surface area contributed by atoms with Gasteiger partial charge in [0.15, 0.2) is 0 Å². The molecule has 1 amide bonds. The summed E-state index contributed by atoms with van der Waals surface area (Å²) in [4.78, 5) is 22.2. The van der Waals surface area contributed by atoms with Crippen molar-refractivity contribution in [3.8, 4) is 0 Å². The molecule has 0 aliphatic rings. The van der Waals surface area contributed by atoms with Crippen molar-refractivity contribution < 1.29 is 14.7 Å². The minimum absolute atomic E-state index is 0.00665. The molecule has 0 rings (SSSR count). The van der Waals surface area contributed by atoms with Crippen molar-refractivity contribution in [3.63, 3.8) is 0 Å². The van der Waals surface area contributed by atoms with E-state index in [2.05, 4.69) is 10.6 Å². The fourth-order valence-electron chi connectivity index (χ4n) is 1.28. The largest absolute Gasteiger partial charge is 0.481 e. The molecule has 5 nitrogen and oxygen atoms in total. The highest BCUT2D eigenvalue weighted by Crippen LogP contribution is 2.01. The average Bonchev–Trinajstić information content (AvgIpc) is 2.16. The molecule has 0 aromatic carbocycles. The second-order valence-electron chi connectivity index (χ2n) is 5.17. The van der Waals surface area contributed by atoms with Crippen LogP contribution < -0.4 is 10.6 Å². The summed E-state index contributed by atoms with van der Waals surface area (Å²) in [6, 6.07) is 0. The first-order valence-corrected chi connectivity index (χ1v) is 6.00. The minimum atomic E-state index is -0.861. The van der Waals surface area contributed by atoms with Crippen LogP contribution in [0.1, 0.15) is 40.5 Å². The van der Waals surface area contributed by atoms with Gasteiger partial charge in [-0.2, -0.15) is 0 Å². The van der Waals surface area contributed by atoms with Crippen LogP contribution >= 0.6 is 0 Å². The monoisotopic (exact) mass is 244 g/mol. The van der Waals surface area contributed by atoms with Crippen molar-refractivity contribution in [2.75, 3.05) is 13.1 Å². The van der Waals surface area contributed by atoms with E-state index in [-0.39, 0.29) is 18.0 Å². The van der Waals surface area contributed by atoms with E-state index in [0.29, 0.717) is 19.4 Å². The van der Waals surface area contributed by atoms with Crippen LogP contribution in [0, 0.1) is 5.92 Å². The van der Waals surface area contributed by atoms with Crippen molar-refractivity contribution >= 4 is 11.9 Å². The minimum Gasteiger partial charge on any atom is -0.481 e. The summed E-state index contributed by atoms with van der Waals surface area (Å²) in [5.74, 6) is -1.46. The Balaban J connectivity index is 3.76. The number of carboxylic acid groups (broad SMARTS) is 1. The Morgan fingerprint density at radius 3 is 2.29 bits per heavy atom. The standard InChI is InChI=1S/C12H24N2O3/c1-5-9(11(16)17)8-13-10(15)6-7-14-12(2,3)4/h9,14H,5-8H2,1-4H3,(H,13,15)(H,16,17). The van der Waals surface area contributed by atoms with Gasteiger partial charge in [0.2, 0.25) is 5.91 Å². The van der Waals surface area contributed by atoms with Gasteiger partial charge in [-0.3, -0.25) is 9.59 Å². The van der Waals surface area contributed by atoms with E-state index >= 15 is 0 Å². The third-order valence-electron chi connectivity index (χ3n) is 2.40. The Labute approximate surface area is 103 Å². The first-order chi connectivity index (χ1) is 7.76. The van der Waals surface area contributed by atoms with Crippen molar-refractivity contribution in [2.24, 2.45) is 5.92 Å². The number of amides is 1. The smallest absolute Gasteiger partial charge is 0.308 e. The van der Waals surface area contributed by atoms with Crippen LogP contribution in [0.15, 0.2) is 0 Å². The predicted molar refractivity (Wildman–Crippen MR) is 66.8 cm³/mol. The lowest BCUT2D eigenvalue weighted by Gasteiger charge is -2.20. The molecule has 0 aromatic rings. The molecule has 1 atom stereocenters. The lowest BCUT2D eigenvalue weighted by molar-refractivity contribution is -0.141. The highest BCUT2D eigenvalue weighted by molar-refractivity contribution is 5.77. The van der Waals surface area contributed by atoms with Crippen LogP contribution in [0.5, 0.6) is 0 Å². The van der Waals surface area contributed by atoms with Gasteiger partial charge < -0.3 is 15.7 Å². The molecule has 0 saturated heterocycles. The Morgan fingerprint density at radius 2 is 1.88 bits per heavy atom. The Hall–Kier alpha value is -1.10. The maximum atomic E-state index is 11.4. The third kappa shape index (κ3) is 8.68. The van der Waals surface area contributed by atoms with Gasteiger partial charge in [0.25, 0.3) is 0 Å². The summed E-state index contributed by atoms with van der Waals surface area (Å²) in [7, 11) is 0. The molecule has 0 spiro atoms. The van der Waals surface area contributed by atoms with E-state index in [1.807, 2.05) is 20.8 Å². The van der Waals surface area contributed by atoms with Crippen molar-refractivity contribution in [1.82, 2.24) is 10.6 Å². The first kappa shape index (κ1) is 15.9. The molecule has 17 heavy (non-hydrogen) atoms. The Morgan fingerprint density at radius 1 is 1.29 bits per heavy atom. The fourth-order valence-corrected chi connectivity index (χ4v) is 1.28. The van der Waals surface area contributed by atoms with E-state index in [4.69, 9.17) is 5.11 Å². The first-order valence-electron chi connectivity index (χ1n) is 6.00. The molecule has 0 heterocycles. The van der Waals surface area contributed by atoms with Crippen LogP contribution in [0.4, 0.5) is 0 Å². The average molecular weight is 244 g/mol. The summed E-state index contributed by atoms with van der Waals surface area (Å²) >= 11 is 0. The van der Waals surface area contributed by atoms with Gasteiger partial charge in [-0.25, -0.2) is 0 Å². The molecule has 3 N–H and O–H groups in total. The molecule has 0 saturated carbocycles. The second kappa shape index (κ2) is 7.27. The van der Waals surface area contributed by atoms with E-state index in [9.17, 15) is 9.59 Å². The van der Waals surface area contributed by atoms with Crippen molar-refractivity contribution in [2.45, 2.75) is 46.1 Å². The second-order valence-corrected chi connectivity index (χ2v) is 5.17. The lowest BCUT2D eigenvalue weighted by atomic mass is 10.1. The van der Waals surface area contributed by atoms with E-state index in [0.717, 1.165) is 0 Å². The molecule has 1 unspecified atom stereocenters. The quantitative estimate of drug-likeness (QED) is 0.624. The van der Waals surface area contributed by atoms with E-state index in [1.54, 1.807) is 6.92 Å². The molecule has 0 fully saturated rings. The Bertz CT molecular complexity index is 259. The van der Waals surface area contributed by atoms with Crippen LogP contribution in [0.3, 0.4) is 0 Å². The highest BCUT2D eigenvalue weighted by Gasteiger charge is 2.16. The van der Waals surface area contributed by atoms with Crippen LogP contribution in [-0.4, -0.2) is 35.6 Å². The zero-order chi connectivity index (χ0) is 13.5. The van der Waals surface area contributed by atoms with Crippen LogP contribution in [0.25, 0.3) is 0 Å². The van der Waals surface area contributed by atoms with E-state index in [1.165, 1.54) is 0 Å². The SMILES string of the molecule is CCC(CNC(=O)CCNC(C)(C)C)C(=O)O. The number of nitrogens with one attached hydrogen (secondary N) is 2. The van der Waals surface area contributed by atoms with Gasteiger partial charge in [-0.15, -0.1) is 0 Å². The zero-order valence-electron chi connectivity index (χ0n) is 11.2. The van der Waals surface area contributed by atoms with Crippen molar-refractivity contribution in [1.29, 1.82) is 0 Å². The molecular weight excluding hydrogens is 220 g/mol. The molecule has 0 bridgehead atoms. The number of carboxylic acids is 1. The summed E-state index contributed by atoms with van der Waals surface area (Å²) in [6.07, 6.45) is 0.892. The van der Waals surface area contributed by atoms with Gasteiger partial charge in [-0.1, -0.05) is 6.92 Å². The normalized spacial score (nSPS) is 13.2. The van der Waals surface area contributed by atoms with Gasteiger partial charge >= 0.3 is 5.97 Å². The summed E-state index contributed by atoms with van der Waals surface area (Å²) in [5, 5.41) is 14.6. The highest BCUT2D eigenvalue weighted by atomic mass is 16.4. The number of hydrogen-bond acceptors (Lipinski definition) is 3. The fraction of sp³-hybridized carbons (Fsp3) is 0.833. The molecular formula is C12H24N2O3. The van der Waals surface area contributed by atoms with Crippen LogP contribution in [-0.2, 0) is 9.59 Å². The van der Waals surface area contributed by atoms with E-state index < -0.39 is 11.9 Å². The summed E-state index contributed by atoms with van der Waals surface area (Å²) in [5.41, 5.74) is -0.00665. The lowest BCUT2D eigenvalue weighted by Crippen LogP contribution is -2.39. The van der Waals surface area contributed by atoms with Gasteiger partial charge in [0.1, 0.15) is 0 Å². The van der Waals surface area contributed by atoms with Crippen molar-refractivity contribution in [3.05, 3.63) is 0 Å². The molecule has 0 radical (unpaired) electrons.